The number of ether oxygens (including phenoxy) is 1. The summed E-state index contributed by atoms with van der Waals surface area (Å²) in [6, 6.07) is 0. The fourth-order valence-electron chi connectivity index (χ4n) is 5.03. The molecule has 2 amide bonds. The Balaban J connectivity index is 1.38. The average molecular weight is 401 g/mol. The van der Waals surface area contributed by atoms with Gasteiger partial charge in [-0.05, 0) is 49.5 Å². The van der Waals surface area contributed by atoms with Gasteiger partial charge in [-0.2, -0.15) is 0 Å². The van der Waals surface area contributed by atoms with E-state index in [0.29, 0.717) is 49.7 Å². The summed E-state index contributed by atoms with van der Waals surface area (Å²) in [5.74, 6) is 1.90. The van der Waals surface area contributed by atoms with Crippen molar-refractivity contribution in [3.8, 4) is 0 Å². The topological polar surface area (TPSA) is 75.6 Å². The Morgan fingerprint density at radius 2 is 1.93 bits per heavy atom. The Morgan fingerprint density at radius 1 is 1.17 bits per heavy atom. The largest absolute Gasteiger partial charge is 0.384 e. The Kier molecular flexibility index (Phi) is 6.43. The van der Waals surface area contributed by atoms with E-state index in [2.05, 4.69) is 14.9 Å². The Bertz CT molecular complexity index is 709. The number of hydrogen-bond donors (Lipinski definition) is 0. The molecule has 1 aromatic rings. The van der Waals surface area contributed by atoms with E-state index in [1.807, 2.05) is 4.90 Å². The molecule has 2 aliphatic heterocycles. The summed E-state index contributed by atoms with van der Waals surface area (Å²) in [7, 11) is 1.75. The summed E-state index contributed by atoms with van der Waals surface area (Å²) in [5, 5.41) is 0. The van der Waals surface area contributed by atoms with E-state index >= 15 is 0 Å². The Labute approximate surface area is 172 Å². The first-order valence-electron chi connectivity index (χ1n) is 10.9. The number of piperidine rings is 1. The fraction of sp³-hybridized carbons (Fsp3) is 0.727. The van der Waals surface area contributed by atoms with Crippen LogP contribution in [0.1, 0.15) is 37.7 Å². The molecule has 0 bridgehead atoms. The van der Waals surface area contributed by atoms with E-state index < -0.39 is 0 Å². The van der Waals surface area contributed by atoms with Gasteiger partial charge in [-0.3, -0.25) is 9.59 Å². The van der Waals surface area contributed by atoms with Gasteiger partial charge >= 0.3 is 0 Å². The number of fused-ring (bicyclic) bond motifs is 1. The van der Waals surface area contributed by atoms with Gasteiger partial charge in [0, 0.05) is 63.9 Å². The lowest BCUT2D eigenvalue weighted by Gasteiger charge is -2.42. The summed E-state index contributed by atoms with van der Waals surface area (Å²) in [5.41, 5.74) is 0.982. The molecule has 0 N–H and O–H groups in total. The van der Waals surface area contributed by atoms with Gasteiger partial charge in [-0.1, -0.05) is 0 Å². The van der Waals surface area contributed by atoms with Gasteiger partial charge in [0.05, 0.1) is 6.61 Å². The van der Waals surface area contributed by atoms with Gasteiger partial charge in [-0.15, -0.1) is 0 Å². The van der Waals surface area contributed by atoms with Gasteiger partial charge < -0.3 is 14.5 Å². The normalized spacial score (nSPS) is 27.5. The summed E-state index contributed by atoms with van der Waals surface area (Å²) in [6.07, 6.45) is 10.3. The first-order chi connectivity index (χ1) is 14.2. The summed E-state index contributed by atoms with van der Waals surface area (Å²) < 4.78 is 5.51. The zero-order valence-corrected chi connectivity index (χ0v) is 17.3. The average Bonchev–Trinajstić information content (AvgIpc) is 3.57. The van der Waals surface area contributed by atoms with Crippen LogP contribution in [-0.2, 0) is 20.7 Å². The first kappa shape index (κ1) is 20.3. The van der Waals surface area contributed by atoms with Crippen LogP contribution in [-0.4, -0.2) is 71.5 Å². The molecule has 2 saturated heterocycles. The molecule has 1 aliphatic carbocycles. The monoisotopic (exact) mass is 400 g/mol. The highest BCUT2D eigenvalue weighted by Gasteiger charge is 2.44. The van der Waals surface area contributed by atoms with E-state index in [1.54, 1.807) is 19.5 Å². The number of rotatable bonds is 7. The molecule has 1 saturated carbocycles. The van der Waals surface area contributed by atoms with E-state index in [-0.39, 0.29) is 11.8 Å². The van der Waals surface area contributed by atoms with Gasteiger partial charge in [0.15, 0.2) is 0 Å². The van der Waals surface area contributed by atoms with Crippen LogP contribution in [0.2, 0.25) is 0 Å². The van der Waals surface area contributed by atoms with Crippen molar-refractivity contribution in [1.29, 1.82) is 0 Å². The van der Waals surface area contributed by atoms with Crippen molar-refractivity contribution in [3.63, 3.8) is 0 Å². The number of hydrogen-bond acceptors (Lipinski definition) is 5. The van der Waals surface area contributed by atoms with Gasteiger partial charge in [0.2, 0.25) is 11.8 Å². The second kappa shape index (κ2) is 9.20. The lowest BCUT2D eigenvalue weighted by molar-refractivity contribution is -0.146. The van der Waals surface area contributed by atoms with Crippen molar-refractivity contribution in [2.45, 2.75) is 38.5 Å². The van der Waals surface area contributed by atoms with Crippen molar-refractivity contribution in [3.05, 3.63) is 24.3 Å². The van der Waals surface area contributed by atoms with Gasteiger partial charge in [0.1, 0.15) is 6.33 Å². The number of amides is 2. The summed E-state index contributed by atoms with van der Waals surface area (Å²) in [4.78, 5) is 38.1. The number of likely N-dealkylation sites (tertiary alicyclic amines) is 2. The van der Waals surface area contributed by atoms with E-state index in [0.717, 1.165) is 38.0 Å². The second-order valence-corrected chi connectivity index (χ2v) is 8.88. The maximum absolute atomic E-state index is 13.2. The molecule has 7 nitrogen and oxygen atoms in total. The number of aryl methyl sites for hydroxylation is 1. The number of aromatic nitrogens is 2. The van der Waals surface area contributed by atoms with Crippen LogP contribution in [0.25, 0.3) is 0 Å². The molecule has 0 spiro atoms. The predicted molar refractivity (Wildman–Crippen MR) is 108 cm³/mol. The molecule has 29 heavy (non-hydrogen) atoms. The summed E-state index contributed by atoms with van der Waals surface area (Å²) >= 11 is 0. The molecule has 3 heterocycles. The minimum Gasteiger partial charge on any atom is -0.384 e. The van der Waals surface area contributed by atoms with Crippen molar-refractivity contribution < 1.29 is 14.3 Å². The molecule has 0 aromatic carbocycles. The standard InChI is InChI=1S/C22H32N4O3/c1-29-14-18-13-26(12-16-2-3-16)22(28)20-7-9-25(8-6-19(18)20)21(27)5-4-17-10-23-15-24-11-17/h10-11,15-16,18-20H,2-9,12-14H2,1H3/t18?,19-,20-/m0/s1. The smallest absolute Gasteiger partial charge is 0.226 e. The van der Waals surface area contributed by atoms with Crippen LogP contribution in [0.15, 0.2) is 18.7 Å². The molecule has 0 radical (unpaired) electrons. The number of nitrogens with zero attached hydrogens (tertiary/aromatic N) is 4. The van der Waals surface area contributed by atoms with Gasteiger partial charge in [0.25, 0.3) is 0 Å². The van der Waals surface area contributed by atoms with Gasteiger partial charge in [-0.25, -0.2) is 9.97 Å². The quantitative estimate of drug-likeness (QED) is 0.697. The molecular weight excluding hydrogens is 368 g/mol. The van der Waals surface area contributed by atoms with Crippen molar-refractivity contribution in [1.82, 2.24) is 19.8 Å². The van der Waals surface area contributed by atoms with Crippen molar-refractivity contribution in [2.24, 2.45) is 23.7 Å². The Morgan fingerprint density at radius 3 is 2.66 bits per heavy atom. The van der Waals surface area contributed by atoms with E-state index in [1.165, 1.54) is 19.2 Å². The number of methoxy groups -OCH3 is 1. The van der Waals surface area contributed by atoms with Crippen molar-refractivity contribution >= 4 is 11.8 Å². The minimum atomic E-state index is 0.0305. The zero-order valence-electron chi connectivity index (χ0n) is 17.3. The lowest BCUT2D eigenvalue weighted by atomic mass is 9.74. The molecule has 158 valence electrons. The second-order valence-electron chi connectivity index (χ2n) is 8.88. The third-order valence-corrected chi connectivity index (χ3v) is 6.80. The number of carbonyl (C=O) groups excluding carboxylic acids is 2. The lowest BCUT2D eigenvalue weighted by Crippen LogP contribution is -2.52. The number of carbonyl (C=O) groups is 2. The first-order valence-corrected chi connectivity index (χ1v) is 10.9. The van der Waals surface area contributed by atoms with Crippen molar-refractivity contribution in [2.75, 3.05) is 39.9 Å². The van der Waals surface area contributed by atoms with Crippen LogP contribution < -0.4 is 0 Å². The van der Waals surface area contributed by atoms with Crippen LogP contribution in [0.5, 0.6) is 0 Å². The van der Waals surface area contributed by atoms with Crippen LogP contribution >= 0.6 is 0 Å². The Hall–Kier alpha value is -2.02. The SMILES string of the molecule is COCC1CN(CC2CC2)C(=O)[C@H]2CCN(C(=O)CCc3cncnc3)CC[C@@H]12. The third-order valence-electron chi connectivity index (χ3n) is 6.80. The van der Waals surface area contributed by atoms with Crippen LogP contribution in [0.4, 0.5) is 0 Å². The fourth-order valence-corrected chi connectivity index (χ4v) is 5.03. The molecule has 3 aliphatic rings. The van der Waals surface area contributed by atoms with Crippen LogP contribution in [0.3, 0.4) is 0 Å². The highest BCUT2D eigenvalue weighted by atomic mass is 16.5. The molecule has 7 heteroatoms. The molecule has 4 rings (SSSR count). The zero-order chi connectivity index (χ0) is 20.2. The van der Waals surface area contributed by atoms with E-state index in [9.17, 15) is 9.59 Å². The van der Waals surface area contributed by atoms with E-state index in [4.69, 9.17) is 4.74 Å². The minimum absolute atomic E-state index is 0.0305. The maximum atomic E-state index is 13.2. The molecule has 3 atom stereocenters. The highest BCUT2D eigenvalue weighted by molar-refractivity contribution is 5.81. The predicted octanol–water partition coefficient (Wildman–Crippen LogP) is 1.78. The summed E-state index contributed by atoms with van der Waals surface area (Å²) in [6.45, 7) is 3.82. The highest BCUT2D eigenvalue weighted by Crippen LogP contribution is 2.39. The molecule has 1 aromatic heterocycles. The molecule has 3 fully saturated rings. The molecule has 1 unspecified atom stereocenters. The van der Waals surface area contributed by atoms with Crippen LogP contribution in [0, 0.1) is 23.7 Å². The molecular formula is C22H32N4O3. The third kappa shape index (κ3) is 4.94. The maximum Gasteiger partial charge on any atom is 0.226 e.